The molecule has 1 heterocycles. The molecule has 0 aliphatic heterocycles. The molecule has 3 nitrogen and oxygen atoms in total. The zero-order valence-corrected chi connectivity index (χ0v) is 11.1. The molecular formula is C15H21N3. The minimum absolute atomic E-state index is 0.431. The lowest BCUT2D eigenvalue weighted by atomic mass is 10.1. The molecule has 1 aliphatic carbocycles. The third-order valence-electron chi connectivity index (χ3n) is 4.67. The first kappa shape index (κ1) is 11.7. The van der Waals surface area contributed by atoms with Crippen LogP contribution < -0.4 is 5.73 Å². The number of hydrogen-bond donors (Lipinski definition) is 2. The molecular weight excluding hydrogens is 222 g/mol. The normalized spacial score (nSPS) is 25.5. The van der Waals surface area contributed by atoms with Crippen molar-refractivity contribution in [3.8, 4) is 0 Å². The van der Waals surface area contributed by atoms with Gasteiger partial charge in [-0.1, -0.05) is 26.0 Å². The molecule has 3 heteroatoms. The molecule has 3 rings (SSSR count). The maximum absolute atomic E-state index is 5.81. The molecule has 0 amide bonds. The lowest BCUT2D eigenvalue weighted by Crippen LogP contribution is -2.05. The fourth-order valence-electron chi connectivity index (χ4n) is 3.31. The highest BCUT2D eigenvalue weighted by Crippen LogP contribution is 2.59. The molecule has 0 spiro atoms. The Balaban J connectivity index is 1.67. The highest BCUT2D eigenvalue weighted by Gasteiger charge is 2.55. The van der Waals surface area contributed by atoms with E-state index in [1.165, 1.54) is 6.42 Å². The second-order valence-corrected chi connectivity index (χ2v) is 6.01. The van der Waals surface area contributed by atoms with Crippen molar-refractivity contribution in [1.82, 2.24) is 9.97 Å². The molecule has 2 atom stereocenters. The van der Waals surface area contributed by atoms with E-state index in [9.17, 15) is 0 Å². The van der Waals surface area contributed by atoms with Crippen LogP contribution in [-0.4, -0.2) is 16.5 Å². The number of rotatable bonds is 4. The molecule has 1 fully saturated rings. The van der Waals surface area contributed by atoms with E-state index in [1.807, 2.05) is 12.1 Å². The summed E-state index contributed by atoms with van der Waals surface area (Å²) in [5.74, 6) is 2.56. The number of H-pyrrole nitrogens is 1. The maximum atomic E-state index is 5.81. The molecule has 96 valence electrons. The van der Waals surface area contributed by atoms with Crippen LogP contribution in [0.2, 0.25) is 0 Å². The first-order chi connectivity index (χ1) is 8.63. The number of aryl methyl sites for hydroxylation is 1. The Bertz CT molecular complexity index is 523. The standard InChI is InChI=1S/C15H21N3/c1-15(2)10(11(15)9-16)7-8-14-17-12-5-3-4-6-13(12)18-14/h3-6,10-11H,7-9,16H2,1-2H3,(H,17,18)/t10-,11-/m1/s1. The van der Waals surface area contributed by atoms with Gasteiger partial charge in [0.05, 0.1) is 11.0 Å². The van der Waals surface area contributed by atoms with Crippen molar-refractivity contribution in [3.05, 3.63) is 30.1 Å². The Labute approximate surface area is 108 Å². The van der Waals surface area contributed by atoms with Crippen LogP contribution in [0.4, 0.5) is 0 Å². The number of imidazole rings is 1. The van der Waals surface area contributed by atoms with E-state index in [0.717, 1.165) is 35.7 Å². The fraction of sp³-hybridized carbons (Fsp3) is 0.533. The minimum Gasteiger partial charge on any atom is -0.342 e. The van der Waals surface area contributed by atoms with Gasteiger partial charge in [-0.05, 0) is 42.3 Å². The van der Waals surface area contributed by atoms with E-state index in [-0.39, 0.29) is 0 Å². The molecule has 18 heavy (non-hydrogen) atoms. The second kappa shape index (κ2) is 4.09. The Kier molecular flexibility index (Phi) is 2.67. The van der Waals surface area contributed by atoms with E-state index in [2.05, 4.69) is 35.9 Å². The second-order valence-electron chi connectivity index (χ2n) is 6.01. The Hall–Kier alpha value is -1.35. The molecule has 3 N–H and O–H groups in total. The predicted molar refractivity (Wildman–Crippen MR) is 74.2 cm³/mol. The number of aromatic amines is 1. The molecule has 0 radical (unpaired) electrons. The van der Waals surface area contributed by atoms with Gasteiger partial charge in [0.1, 0.15) is 5.82 Å². The Morgan fingerprint density at radius 1 is 1.28 bits per heavy atom. The van der Waals surface area contributed by atoms with E-state index in [0.29, 0.717) is 11.3 Å². The predicted octanol–water partition coefficient (Wildman–Crippen LogP) is 2.73. The van der Waals surface area contributed by atoms with Crippen LogP contribution in [0.1, 0.15) is 26.1 Å². The summed E-state index contributed by atoms with van der Waals surface area (Å²) in [6.45, 7) is 5.47. The summed E-state index contributed by atoms with van der Waals surface area (Å²) in [6.07, 6.45) is 2.22. The lowest BCUT2D eigenvalue weighted by molar-refractivity contribution is 0.520. The number of nitrogens with one attached hydrogen (secondary N) is 1. The van der Waals surface area contributed by atoms with E-state index >= 15 is 0 Å². The number of fused-ring (bicyclic) bond motifs is 1. The average Bonchev–Trinajstić information content (AvgIpc) is 2.72. The number of aromatic nitrogens is 2. The monoisotopic (exact) mass is 243 g/mol. The molecule has 1 aliphatic rings. The fourth-order valence-corrected chi connectivity index (χ4v) is 3.31. The van der Waals surface area contributed by atoms with Crippen LogP contribution in [0.25, 0.3) is 11.0 Å². The van der Waals surface area contributed by atoms with Gasteiger partial charge in [-0.25, -0.2) is 4.98 Å². The number of benzene rings is 1. The van der Waals surface area contributed by atoms with Crippen LogP contribution in [0.5, 0.6) is 0 Å². The highest BCUT2D eigenvalue weighted by molar-refractivity contribution is 5.74. The van der Waals surface area contributed by atoms with Gasteiger partial charge in [-0.15, -0.1) is 0 Å². The van der Waals surface area contributed by atoms with Gasteiger partial charge < -0.3 is 10.7 Å². The summed E-state index contributed by atoms with van der Waals surface area (Å²) < 4.78 is 0. The zero-order valence-electron chi connectivity index (χ0n) is 11.1. The largest absolute Gasteiger partial charge is 0.342 e. The van der Waals surface area contributed by atoms with Gasteiger partial charge in [0, 0.05) is 6.42 Å². The molecule has 0 saturated heterocycles. The van der Waals surface area contributed by atoms with Gasteiger partial charge in [-0.2, -0.15) is 0 Å². The van der Waals surface area contributed by atoms with Gasteiger partial charge in [0.15, 0.2) is 0 Å². The minimum atomic E-state index is 0.431. The summed E-state index contributed by atoms with van der Waals surface area (Å²) in [4.78, 5) is 8.02. The van der Waals surface area contributed by atoms with Crippen molar-refractivity contribution in [2.45, 2.75) is 26.7 Å². The summed E-state index contributed by atoms with van der Waals surface area (Å²) in [5.41, 5.74) is 8.44. The first-order valence-electron chi connectivity index (χ1n) is 6.76. The van der Waals surface area contributed by atoms with Crippen LogP contribution in [0.3, 0.4) is 0 Å². The van der Waals surface area contributed by atoms with E-state index < -0.39 is 0 Å². The number of nitrogens with zero attached hydrogens (tertiary/aromatic N) is 1. The van der Waals surface area contributed by atoms with Crippen molar-refractivity contribution in [3.63, 3.8) is 0 Å². The van der Waals surface area contributed by atoms with Crippen molar-refractivity contribution in [2.24, 2.45) is 23.0 Å². The maximum Gasteiger partial charge on any atom is 0.107 e. The van der Waals surface area contributed by atoms with Crippen molar-refractivity contribution in [2.75, 3.05) is 6.54 Å². The van der Waals surface area contributed by atoms with E-state index in [1.54, 1.807) is 0 Å². The topological polar surface area (TPSA) is 54.7 Å². The SMILES string of the molecule is CC1(C)[C@H](CN)[C@H]1CCc1nc2ccccc2[nH]1. The Morgan fingerprint density at radius 3 is 2.72 bits per heavy atom. The third kappa shape index (κ3) is 1.83. The molecule has 1 saturated carbocycles. The molecule has 1 aromatic heterocycles. The van der Waals surface area contributed by atoms with Crippen LogP contribution in [-0.2, 0) is 6.42 Å². The van der Waals surface area contributed by atoms with Crippen molar-refractivity contribution in [1.29, 1.82) is 0 Å². The van der Waals surface area contributed by atoms with Crippen molar-refractivity contribution < 1.29 is 0 Å². The van der Waals surface area contributed by atoms with Gasteiger partial charge in [-0.3, -0.25) is 0 Å². The summed E-state index contributed by atoms with van der Waals surface area (Å²) >= 11 is 0. The number of para-hydroxylation sites is 2. The lowest BCUT2D eigenvalue weighted by Gasteiger charge is -2.00. The number of hydrogen-bond acceptors (Lipinski definition) is 2. The van der Waals surface area contributed by atoms with Crippen LogP contribution in [0.15, 0.2) is 24.3 Å². The molecule has 0 unspecified atom stereocenters. The van der Waals surface area contributed by atoms with Crippen molar-refractivity contribution >= 4 is 11.0 Å². The van der Waals surface area contributed by atoms with Gasteiger partial charge in [0.25, 0.3) is 0 Å². The summed E-state index contributed by atoms with van der Waals surface area (Å²) in [6, 6.07) is 8.20. The van der Waals surface area contributed by atoms with Gasteiger partial charge >= 0.3 is 0 Å². The molecule has 2 aromatic rings. The van der Waals surface area contributed by atoms with Crippen LogP contribution in [0, 0.1) is 17.3 Å². The highest BCUT2D eigenvalue weighted by atomic mass is 14.9. The quantitative estimate of drug-likeness (QED) is 0.867. The average molecular weight is 243 g/mol. The first-order valence-corrected chi connectivity index (χ1v) is 6.76. The summed E-state index contributed by atoms with van der Waals surface area (Å²) in [5, 5.41) is 0. The number of nitrogens with two attached hydrogens (primary N) is 1. The van der Waals surface area contributed by atoms with Crippen LogP contribution >= 0.6 is 0 Å². The molecule has 0 bridgehead atoms. The Morgan fingerprint density at radius 2 is 2.06 bits per heavy atom. The summed E-state index contributed by atoms with van der Waals surface area (Å²) in [7, 11) is 0. The van der Waals surface area contributed by atoms with E-state index in [4.69, 9.17) is 5.73 Å². The third-order valence-corrected chi connectivity index (χ3v) is 4.67. The molecule has 1 aromatic carbocycles. The zero-order chi connectivity index (χ0) is 12.8. The smallest absolute Gasteiger partial charge is 0.107 e. The van der Waals surface area contributed by atoms with Gasteiger partial charge in [0.2, 0.25) is 0 Å².